The van der Waals surface area contributed by atoms with Crippen molar-refractivity contribution in [3.63, 3.8) is 0 Å². The van der Waals surface area contributed by atoms with Gasteiger partial charge >= 0.3 is 11.8 Å². The zero-order valence-electron chi connectivity index (χ0n) is 33.6. The maximum atomic E-state index is 14.3. The van der Waals surface area contributed by atoms with Gasteiger partial charge in [-0.3, -0.25) is 14.4 Å². The molecule has 15 nitrogen and oxygen atoms in total. The number of aliphatic hydroxyl groups excluding tert-OH is 2. The summed E-state index contributed by atoms with van der Waals surface area (Å²) in [6, 6.07) is 0. The van der Waals surface area contributed by atoms with Gasteiger partial charge in [0.05, 0.1) is 53.0 Å². The van der Waals surface area contributed by atoms with Gasteiger partial charge in [-0.1, -0.05) is 51.1 Å². The molecule has 5 rings (SSSR count). The third kappa shape index (κ3) is 8.49. The van der Waals surface area contributed by atoms with Crippen LogP contribution in [0.2, 0.25) is 0 Å². The molecule has 0 aromatic heterocycles. The van der Waals surface area contributed by atoms with Crippen LogP contribution in [0, 0.1) is 30.6 Å². The van der Waals surface area contributed by atoms with Crippen LogP contribution in [-0.2, 0) is 28.6 Å². The number of anilines is 1. The number of oxime groups is 1. The summed E-state index contributed by atoms with van der Waals surface area (Å²) in [5, 5.41) is 63.6. The van der Waals surface area contributed by atoms with Crippen molar-refractivity contribution in [3.8, 4) is 23.0 Å². The van der Waals surface area contributed by atoms with Crippen molar-refractivity contribution in [1.29, 1.82) is 0 Å². The number of ketones is 1. The van der Waals surface area contributed by atoms with Gasteiger partial charge in [0.1, 0.15) is 29.5 Å². The van der Waals surface area contributed by atoms with E-state index in [1.807, 2.05) is 0 Å². The molecule has 3 aliphatic rings. The number of phenolic OH excluding ortho intramolecular Hbond substituents is 3. The third-order valence-electron chi connectivity index (χ3n) is 10.5. The summed E-state index contributed by atoms with van der Waals surface area (Å²) in [7, 11) is 1.43. The number of benzene rings is 2. The summed E-state index contributed by atoms with van der Waals surface area (Å²) in [6.45, 7) is 15.8. The quantitative estimate of drug-likeness (QED) is 0.0725. The molecule has 9 atom stereocenters. The van der Waals surface area contributed by atoms with E-state index in [0.29, 0.717) is 0 Å². The fourth-order valence-corrected chi connectivity index (χ4v) is 7.08. The van der Waals surface area contributed by atoms with Gasteiger partial charge in [0.25, 0.3) is 11.7 Å². The highest BCUT2D eigenvalue weighted by molar-refractivity contribution is 6.23. The number of nitrogens with one attached hydrogen (secondary N) is 1. The molecule has 5 bridgehead atoms. The predicted molar refractivity (Wildman–Crippen MR) is 208 cm³/mol. The van der Waals surface area contributed by atoms with Crippen LogP contribution in [0.3, 0.4) is 0 Å². The molecule has 2 aromatic carbocycles. The lowest BCUT2D eigenvalue weighted by atomic mass is 9.78. The van der Waals surface area contributed by atoms with Gasteiger partial charge < -0.3 is 54.6 Å². The maximum absolute atomic E-state index is 14.3. The Labute approximate surface area is 326 Å². The molecule has 1 amide bonds. The molecular weight excluding hydrogens is 728 g/mol. The van der Waals surface area contributed by atoms with Crippen LogP contribution in [0.5, 0.6) is 23.0 Å². The smallest absolute Gasteiger partial charge is 0.312 e. The standard InChI is InChI=1S/C41H54N2O13/c1-18(2)56-42-17-26-31-36(49)29-28(35(26)48)30-38(24(8)34(29)47)55-41(10,39(30)50)53-16-15-27(52-11)21(5)37(54-25(9)44)23(7)33(46)22(6)32(45)19(3)13-12-14-20(4)40(51)43-31/h12-19,21-23,27,32-33,37,45-49H,1-11H3,(H,43,51)/b13-12+,16-15+,20-14-,42-17?/t19-,21-,22+,23-,27-,32-,33+,37+,41-/m0/s1. The van der Waals surface area contributed by atoms with Crippen molar-refractivity contribution in [3.05, 3.63) is 52.8 Å². The van der Waals surface area contributed by atoms with E-state index in [2.05, 4.69) is 10.5 Å². The van der Waals surface area contributed by atoms with E-state index in [9.17, 15) is 39.9 Å². The maximum Gasteiger partial charge on any atom is 0.312 e. The summed E-state index contributed by atoms with van der Waals surface area (Å²) < 4.78 is 23.4. The Morgan fingerprint density at radius 1 is 0.964 bits per heavy atom. The fourth-order valence-electron chi connectivity index (χ4n) is 7.08. The number of nitrogens with zero attached hydrogens (tertiary/aromatic N) is 1. The van der Waals surface area contributed by atoms with Crippen LogP contribution in [0.25, 0.3) is 10.8 Å². The molecule has 0 aliphatic carbocycles. The van der Waals surface area contributed by atoms with Crippen LogP contribution in [0.15, 0.2) is 41.3 Å². The number of fused-ring (bicyclic) bond motifs is 14. The van der Waals surface area contributed by atoms with Crippen LogP contribution >= 0.6 is 0 Å². The normalized spacial score (nSPS) is 31.1. The number of hydrogen-bond acceptors (Lipinski definition) is 14. The van der Waals surface area contributed by atoms with Crippen LogP contribution in [0.4, 0.5) is 5.69 Å². The van der Waals surface area contributed by atoms with Gasteiger partial charge in [-0.05, 0) is 33.8 Å². The Kier molecular flexibility index (Phi) is 13.5. The number of phenols is 3. The van der Waals surface area contributed by atoms with E-state index in [0.717, 1.165) is 6.21 Å². The van der Waals surface area contributed by atoms with E-state index in [4.69, 9.17) is 23.8 Å². The lowest BCUT2D eigenvalue weighted by Gasteiger charge is -2.38. The number of rotatable bonds is 5. The van der Waals surface area contributed by atoms with Crippen molar-refractivity contribution >= 4 is 40.3 Å². The number of Topliss-reactive ketones (excluding diaryl/α,β-unsaturated/α-hetero) is 1. The van der Waals surface area contributed by atoms with Gasteiger partial charge in [0, 0.05) is 61.2 Å². The number of amides is 1. The Hall–Kier alpha value is -5.12. The number of aliphatic hydroxyl groups is 2. The average molecular weight is 783 g/mol. The molecule has 15 heteroatoms. The van der Waals surface area contributed by atoms with E-state index in [1.165, 1.54) is 53.2 Å². The molecular formula is C41H54N2O13. The Morgan fingerprint density at radius 2 is 1.62 bits per heavy atom. The Bertz CT molecular complexity index is 1970. The second kappa shape index (κ2) is 17.3. The van der Waals surface area contributed by atoms with Gasteiger partial charge in [-0.25, -0.2) is 0 Å². The number of allylic oxidation sites excluding steroid dienone is 2. The minimum absolute atomic E-state index is 0.0334. The summed E-state index contributed by atoms with van der Waals surface area (Å²) in [4.78, 5) is 45.4. The van der Waals surface area contributed by atoms with E-state index in [1.54, 1.807) is 53.7 Å². The highest BCUT2D eigenvalue weighted by atomic mass is 16.7. The highest BCUT2D eigenvalue weighted by Crippen LogP contribution is 2.55. The lowest BCUT2D eigenvalue weighted by molar-refractivity contribution is -0.160. The Morgan fingerprint density at radius 3 is 2.23 bits per heavy atom. The zero-order chi connectivity index (χ0) is 42.0. The van der Waals surface area contributed by atoms with E-state index in [-0.39, 0.29) is 50.6 Å². The zero-order valence-corrected chi connectivity index (χ0v) is 33.6. The predicted octanol–water partition coefficient (Wildman–Crippen LogP) is 5.51. The molecule has 2 aromatic rings. The van der Waals surface area contributed by atoms with Gasteiger partial charge in [-0.2, -0.15) is 0 Å². The first-order chi connectivity index (χ1) is 26.2. The third-order valence-corrected chi connectivity index (χ3v) is 10.5. The molecule has 0 fully saturated rings. The first-order valence-corrected chi connectivity index (χ1v) is 18.4. The van der Waals surface area contributed by atoms with E-state index >= 15 is 0 Å². The monoisotopic (exact) mass is 782 g/mol. The van der Waals surface area contributed by atoms with E-state index < -0.39 is 88.8 Å². The van der Waals surface area contributed by atoms with Crippen molar-refractivity contribution in [2.45, 2.75) is 106 Å². The number of hydrogen-bond donors (Lipinski definition) is 6. The second-order valence-electron chi connectivity index (χ2n) is 15.0. The second-order valence-corrected chi connectivity index (χ2v) is 15.0. The Balaban J connectivity index is 1.97. The first-order valence-electron chi connectivity index (χ1n) is 18.4. The van der Waals surface area contributed by atoms with Crippen molar-refractivity contribution < 1.29 is 63.7 Å². The van der Waals surface area contributed by atoms with Crippen molar-refractivity contribution in [1.82, 2.24) is 0 Å². The fraction of sp³-hybridized carbons (Fsp3) is 0.512. The van der Waals surface area contributed by atoms with Crippen molar-refractivity contribution in [2.75, 3.05) is 12.4 Å². The number of carbonyl (C=O) groups is 3. The number of methoxy groups -OCH3 is 1. The number of esters is 1. The number of ether oxygens (including phenoxy) is 4. The summed E-state index contributed by atoms with van der Waals surface area (Å²) in [6.07, 6.45) is 4.11. The molecule has 0 radical (unpaired) electrons. The summed E-state index contributed by atoms with van der Waals surface area (Å²) >= 11 is 0. The molecule has 6 N–H and O–H groups in total. The SMILES string of the molecule is CO[C@H]1/C=C/O[C@@]2(C)Oc3c(C)c(O)c4c(O)c(c(C=NOC(C)C)c(O)c4c3C2=O)NC(=O)/C(C)=C\C=C\[C@H](C)[C@H](O)[C@@H](C)[C@@H](O)[C@H](C)[C@H](OC(C)=O)[C@H]1C. The minimum Gasteiger partial charge on any atom is -0.507 e. The van der Waals surface area contributed by atoms with Gasteiger partial charge in [0.15, 0.2) is 5.75 Å². The molecule has 306 valence electrons. The molecule has 0 spiro atoms. The largest absolute Gasteiger partial charge is 0.507 e. The minimum atomic E-state index is -2.06. The summed E-state index contributed by atoms with van der Waals surface area (Å²) in [5.41, 5.74) is -0.618. The molecule has 3 aliphatic heterocycles. The lowest BCUT2D eigenvalue weighted by Crippen LogP contribution is -2.46. The van der Waals surface area contributed by atoms with Crippen LogP contribution in [0.1, 0.15) is 83.8 Å². The van der Waals surface area contributed by atoms with Crippen molar-refractivity contribution in [2.24, 2.45) is 28.8 Å². The van der Waals surface area contributed by atoms with Gasteiger partial charge in [-0.15, -0.1) is 0 Å². The number of aromatic hydroxyl groups is 3. The van der Waals surface area contributed by atoms with Crippen LogP contribution in [-0.4, -0.2) is 92.8 Å². The molecule has 3 heterocycles. The van der Waals surface area contributed by atoms with Gasteiger partial charge in [0.2, 0.25) is 0 Å². The first kappa shape index (κ1) is 43.6. The average Bonchev–Trinajstić information content (AvgIpc) is 3.41. The molecule has 0 saturated carbocycles. The number of carbonyl (C=O) groups excluding carboxylic acids is 3. The van der Waals surface area contributed by atoms with Crippen LogP contribution < -0.4 is 10.1 Å². The topological polar surface area (TPSA) is 223 Å². The molecule has 0 saturated heterocycles. The molecule has 56 heavy (non-hydrogen) atoms. The molecule has 0 unspecified atom stereocenters. The highest BCUT2D eigenvalue weighted by Gasteiger charge is 2.50. The summed E-state index contributed by atoms with van der Waals surface area (Å²) in [5.74, 6) is -8.63.